The van der Waals surface area contributed by atoms with Crippen LogP contribution >= 0.6 is 0 Å². The van der Waals surface area contributed by atoms with Crippen molar-refractivity contribution in [2.45, 2.75) is 64.8 Å². The van der Waals surface area contributed by atoms with Crippen molar-refractivity contribution in [2.24, 2.45) is 11.8 Å². The van der Waals surface area contributed by atoms with Crippen LogP contribution in [0.3, 0.4) is 0 Å². The van der Waals surface area contributed by atoms with Crippen LogP contribution in [0.2, 0.25) is 0 Å². The third-order valence-electron chi connectivity index (χ3n) is 5.91. The number of aromatic nitrogens is 4. The minimum atomic E-state index is -0.0655. The summed E-state index contributed by atoms with van der Waals surface area (Å²) in [6, 6.07) is 4.84. The molecule has 1 N–H and O–H groups in total. The molecule has 0 atom stereocenters. The third kappa shape index (κ3) is 3.56. The van der Waals surface area contributed by atoms with Crippen LogP contribution in [0.1, 0.15) is 59.2 Å². The molecule has 1 aliphatic carbocycles. The van der Waals surface area contributed by atoms with E-state index in [-0.39, 0.29) is 5.41 Å². The van der Waals surface area contributed by atoms with Gasteiger partial charge in [-0.15, -0.1) is 15.3 Å². The molecule has 6 heteroatoms. The quantitative estimate of drug-likeness (QED) is 0.912. The molecule has 0 radical (unpaired) electrons. The lowest BCUT2D eigenvalue weighted by atomic mass is 9.87. The van der Waals surface area contributed by atoms with E-state index in [4.69, 9.17) is 5.10 Å². The van der Waals surface area contributed by atoms with Gasteiger partial charge >= 0.3 is 0 Å². The smallest absolute Gasteiger partial charge is 0.178 e. The maximum atomic E-state index is 4.81. The van der Waals surface area contributed by atoms with Gasteiger partial charge in [-0.2, -0.15) is 4.52 Å². The molecule has 1 saturated heterocycles. The van der Waals surface area contributed by atoms with Gasteiger partial charge in [-0.05, 0) is 43.7 Å². The second kappa shape index (κ2) is 6.80. The van der Waals surface area contributed by atoms with E-state index in [0.717, 1.165) is 54.8 Å². The van der Waals surface area contributed by atoms with Crippen LogP contribution in [0, 0.1) is 11.8 Å². The molecule has 0 spiro atoms. The SMILES string of the molecule is CC1CCC(NCC2CN(c3ccc4nnc(C(C)(C)C)n4n3)C2)CC1. The molecule has 2 aliphatic rings. The first-order valence-corrected chi connectivity index (χ1v) is 10.1. The Labute approximate surface area is 156 Å². The lowest BCUT2D eigenvalue weighted by Gasteiger charge is -2.41. The first-order chi connectivity index (χ1) is 12.4. The van der Waals surface area contributed by atoms with Crippen LogP contribution < -0.4 is 10.2 Å². The van der Waals surface area contributed by atoms with Crippen LogP contribution in [-0.4, -0.2) is 45.5 Å². The lowest BCUT2D eigenvalue weighted by molar-refractivity contribution is 0.281. The van der Waals surface area contributed by atoms with Gasteiger partial charge in [0.05, 0.1) is 0 Å². The molecule has 6 nitrogen and oxygen atoms in total. The van der Waals surface area contributed by atoms with Crippen molar-refractivity contribution < 1.29 is 0 Å². The molecule has 4 rings (SSSR count). The summed E-state index contributed by atoms with van der Waals surface area (Å²) in [6.45, 7) is 12.1. The molecule has 1 saturated carbocycles. The van der Waals surface area contributed by atoms with Gasteiger partial charge in [0.25, 0.3) is 0 Å². The number of hydrogen-bond acceptors (Lipinski definition) is 5. The number of nitrogens with one attached hydrogen (secondary N) is 1. The molecule has 3 heterocycles. The second-order valence-corrected chi connectivity index (χ2v) is 9.37. The maximum absolute atomic E-state index is 4.81. The maximum Gasteiger partial charge on any atom is 0.178 e. The number of fused-ring (bicyclic) bond motifs is 1. The highest BCUT2D eigenvalue weighted by Crippen LogP contribution is 2.26. The van der Waals surface area contributed by atoms with Gasteiger partial charge in [0, 0.05) is 37.0 Å². The van der Waals surface area contributed by atoms with E-state index < -0.39 is 0 Å². The van der Waals surface area contributed by atoms with E-state index >= 15 is 0 Å². The van der Waals surface area contributed by atoms with Gasteiger partial charge in [0.15, 0.2) is 11.5 Å². The molecule has 0 unspecified atom stereocenters. The second-order valence-electron chi connectivity index (χ2n) is 9.37. The fourth-order valence-corrected chi connectivity index (χ4v) is 4.10. The highest BCUT2D eigenvalue weighted by atomic mass is 15.4. The fraction of sp³-hybridized carbons (Fsp3) is 0.750. The summed E-state index contributed by atoms with van der Waals surface area (Å²) in [4.78, 5) is 2.36. The summed E-state index contributed by atoms with van der Waals surface area (Å²) < 4.78 is 1.91. The number of nitrogens with zero attached hydrogens (tertiary/aromatic N) is 5. The Morgan fingerprint density at radius 3 is 2.50 bits per heavy atom. The van der Waals surface area contributed by atoms with Crippen molar-refractivity contribution in [1.29, 1.82) is 0 Å². The predicted molar refractivity (Wildman–Crippen MR) is 105 cm³/mol. The molecule has 26 heavy (non-hydrogen) atoms. The molecule has 2 aromatic heterocycles. The highest BCUT2D eigenvalue weighted by Gasteiger charge is 2.30. The van der Waals surface area contributed by atoms with Crippen LogP contribution in [0.25, 0.3) is 5.65 Å². The van der Waals surface area contributed by atoms with Crippen molar-refractivity contribution >= 4 is 11.5 Å². The summed E-state index contributed by atoms with van der Waals surface area (Å²) in [5.41, 5.74) is 0.758. The molecular formula is C20H32N6. The average molecular weight is 357 g/mol. The van der Waals surface area contributed by atoms with Crippen molar-refractivity contribution in [3.8, 4) is 0 Å². The van der Waals surface area contributed by atoms with Crippen molar-refractivity contribution in [3.63, 3.8) is 0 Å². The summed E-state index contributed by atoms with van der Waals surface area (Å²) in [5, 5.41) is 17.2. The van der Waals surface area contributed by atoms with Crippen LogP contribution in [-0.2, 0) is 5.41 Å². The van der Waals surface area contributed by atoms with Gasteiger partial charge in [0.1, 0.15) is 5.82 Å². The molecule has 0 bridgehead atoms. The number of rotatable bonds is 4. The van der Waals surface area contributed by atoms with E-state index in [9.17, 15) is 0 Å². The van der Waals surface area contributed by atoms with Crippen molar-refractivity contribution in [1.82, 2.24) is 25.1 Å². The van der Waals surface area contributed by atoms with Crippen LogP contribution in [0.15, 0.2) is 12.1 Å². The van der Waals surface area contributed by atoms with E-state index in [1.165, 1.54) is 25.7 Å². The Kier molecular flexibility index (Phi) is 4.63. The molecule has 0 aromatic carbocycles. The lowest BCUT2D eigenvalue weighted by Crippen LogP contribution is -2.52. The van der Waals surface area contributed by atoms with Crippen LogP contribution in [0.5, 0.6) is 0 Å². The van der Waals surface area contributed by atoms with Crippen molar-refractivity contribution in [3.05, 3.63) is 18.0 Å². The zero-order chi connectivity index (χ0) is 18.3. The molecule has 0 amide bonds. The Morgan fingerprint density at radius 2 is 1.81 bits per heavy atom. The monoisotopic (exact) mass is 356 g/mol. The van der Waals surface area contributed by atoms with Crippen molar-refractivity contribution in [2.75, 3.05) is 24.5 Å². The van der Waals surface area contributed by atoms with Gasteiger partial charge < -0.3 is 10.2 Å². The van der Waals surface area contributed by atoms with Gasteiger partial charge in [-0.3, -0.25) is 0 Å². The molecule has 2 fully saturated rings. The van der Waals surface area contributed by atoms with Gasteiger partial charge in [-0.25, -0.2) is 0 Å². The summed E-state index contributed by atoms with van der Waals surface area (Å²) in [7, 11) is 0. The summed E-state index contributed by atoms with van der Waals surface area (Å²) >= 11 is 0. The Hall–Kier alpha value is -1.69. The Balaban J connectivity index is 1.34. The zero-order valence-electron chi connectivity index (χ0n) is 16.6. The normalized spacial score (nSPS) is 24.8. The minimum absolute atomic E-state index is 0.0655. The molecular weight excluding hydrogens is 324 g/mol. The number of anilines is 1. The first-order valence-electron chi connectivity index (χ1n) is 10.1. The first kappa shape index (κ1) is 17.7. The fourth-order valence-electron chi connectivity index (χ4n) is 4.10. The highest BCUT2D eigenvalue weighted by molar-refractivity contribution is 5.47. The van der Waals surface area contributed by atoms with Gasteiger partial charge in [-0.1, -0.05) is 27.7 Å². The Bertz CT molecular complexity index is 747. The predicted octanol–water partition coefficient (Wildman–Crippen LogP) is 3.03. The summed E-state index contributed by atoms with van der Waals surface area (Å²) in [5.74, 6) is 3.60. The van der Waals surface area contributed by atoms with E-state index in [1.807, 2.05) is 10.6 Å². The van der Waals surface area contributed by atoms with Gasteiger partial charge in [0.2, 0.25) is 0 Å². The van der Waals surface area contributed by atoms with E-state index in [2.05, 4.69) is 54.2 Å². The zero-order valence-corrected chi connectivity index (χ0v) is 16.6. The molecule has 2 aromatic rings. The van der Waals surface area contributed by atoms with Crippen LogP contribution in [0.4, 0.5) is 5.82 Å². The topological polar surface area (TPSA) is 58.3 Å². The summed E-state index contributed by atoms with van der Waals surface area (Å²) in [6.07, 6.45) is 5.46. The molecule has 1 aliphatic heterocycles. The van der Waals surface area contributed by atoms with E-state index in [0.29, 0.717) is 0 Å². The largest absolute Gasteiger partial charge is 0.354 e. The number of hydrogen-bond donors (Lipinski definition) is 1. The average Bonchev–Trinajstić information content (AvgIpc) is 2.98. The minimum Gasteiger partial charge on any atom is -0.354 e. The standard InChI is InChI=1S/C20H32N6/c1-14-5-7-16(8-6-14)21-11-15-12-25(13-15)18-10-9-17-22-23-19(20(2,3)4)26(17)24-18/h9-10,14-16,21H,5-8,11-13H2,1-4H3. The Morgan fingerprint density at radius 1 is 1.08 bits per heavy atom. The third-order valence-corrected chi connectivity index (χ3v) is 5.91. The molecule has 142 valence electrons. The van der Waals surface area contributed by atoms with E-state index in [1.54, 1.807) is 0 Å².